The van der Waals surface area contributed by atoms with Crippen molar-refractivity contribution in [1.29, 1.82) is 0 Å². The van der Waals surface area contributed by atoms with Crippen LogP contribution < -0.4 is 11.1 Å². The molecule has 0 spiro atoms. The molecule has 4 heteroatoms. The molecule has 3 atom stereocenters. The van der Waals surface area contributed by atoms with E-state index in [4.69, 9.17) is 10.5 Å². The number of nitrogens with one attached hydrogen (secondary N) is 1. The summed E-state index contributed by atoms with van der Waals surface area (Å²) in [4.78, 5) is 11.6. The quantitative estimate of drug-likeness (QED) is 0.715. The third-order valence-electron chi connectivity index (χ3n) is 3.11. The summed E-state index contributed by atoms with van der Waals surface area (Å²) in [5.74, 6) is 0.0259. The summed E-state index contributed by atoms with van der Waals surface area (Å²) < 4.78 is 5.68. The third-order valence-corrected chi connectivity index (χ3v) is 3.11. The van der Waals surface area contributed by atoms with Crippen LogP contribution in [0, 0.1) is 0 Å². The maximum Gasteiger partial charge on any atom is 0.249 e. The highest BCUT2D eigenvalue weighted by Gasteiger charge is 2.29. The first-order chi connectivity index (χ1) is 7.15. The first-order valence-electron chi connectivity index (χ1n) is 5.86. The molecule has 0 aromatic heterocycles. The summed E-state index contributed by atoms with van der Waals surface area (Å²) in [5, 5.41) is 2.94. The zero-order chi connectivity index (χ0) is 10.8. The molecule has 0 saturated heterocycles. The molecule has 0 heterocycles. The highest BCUT2D eigenvalue weighted by molar-refractivity contribution is 5.80. The van der Waals surface area contributed by atoms with Gasteiger partial charge in [-0.2, -0.15) is 0 Å². The van der Waals surface area contributed by atoms with Crippen molar-refractivity contribution in [2.75, 3.05) is 0 Å². The second kappa shape index (κ2) is 4.49. The third kappa shape index (κ3) is 3.18. The fraction of sp³-hybridized carbons (Fsp3) is 0.909. The predicted molar refractivity (Wildman–Crippen MR) is 57.3 cm³/mol. The largest absolute Gasteiger partial charge is 0.365 e. The van der Waals surface area contributed by atoms with E-state index in [-0.39, 0.29) is 24.2 Å². The van der Waals surface area contributed by atoms with Crippen LogP contribution in [0.5, 0.6) is 0 Å². The molecule has 3 N–H and O–H groups in total. The summed E-state index contributed by atoms with van der Waals surface area (Å²) in [6.45, 7) is 1.82. The number of carbonyl (C=O) groups is 1. The van der Waals surface area contributed by atoms with Crippen LogP contribution in [0.4, 0.5) is 0 Å². The zero-order valence-electron chi connectivity index (χ0n) is 9.24. The van der Waals surface area contributed by atoms with Gasteiger partial charge in [-0.05, 0) is 39.0 Å². The van der Waals surface area contributed by atoms with E-state index in [0.29, 0.717) is 6.04 Å². The number of ether oxygens (including phenoxy) is 1. The molecular formula is C11H20N2O2. The maximum absolute atomic E-state index is 11.6. The van der Waals surface area contributed by atoms with Gasteiger partial charge in [0, 0.05) is 12.1 Å². The van der Waals surface area contributed by atoms with Crippen molar-refractivity contribution in [2.45, 2.75) is 63.3 Å². The first kappa shape index (κ1) is 10.9. The topological polar surface area (TPSA) is 64.3 Å². The Morgan fingerprint density at radius 1 is 1.40 bits per heavy atom. The summed E-state index contributed by atoms with van der Waals surface area (Å²) in [5.41, 5.74) is 5.79. The normalized spacial score (nSPS) is 32.7. The molecule has 15 heavy (non-hydrogen) atoms. The van der Waals surface area contributed by atoms with Crippen LogP contribution in [-0.4, -0.2) is 30.2 Å². The minimum absolute atomic E-state index is 0.0259. The van der Waals surface area contributed by atoms with Gasteiger partial charge in [-0.1, -0.05) is 0 Å². The SMILES string of the molecule is CC(OC1CCC(N)C1)C(=O)NC1CC1. The Balaban J connectivity index is 1.70. The lowest BCUT2D eigenvalue weighted by molar-refractivity contribution is -0.135. The lowest BCUT2D eigenvalue weighted by atomic mass is 10.2. The number of carbonyl (C=O) groups excluding carboxylic acids is 1. The highest BCUT2D eigenvalue weighted by atomic mass is 16.5. The van der Waals surface area contributed by atoms with Gasteiger partial charge < -0.3 is 15.8 Å². The van der Waals surface area contributed by atoms with Gasteiger partial charge in [0.25, 0.3) is 0 Å². The van der Waals surface area contributed by atoms with Crippen molar-refractivity contribution in [3.05, 3.63) is 0 Å². The van der Waals surface area contributed by atoms with Crippen LogP contribution in [0.3, 0.4) is 0 Å². The van der Waals surface area contributed by atoms with Crippen molar-refractivity contribution in [1.82, 2.24) is 5.32 Å². The molecule has 2 rings (SSSR count). The Morgan fingerprint density at radius 3 is 2.67 bits per heavy atom. The Hall–Kier alpha value is -0.610. The van der Waals surface area contributed by atoms with Crippen LogP contribution in [-0.2, 0) is 9.53 Å². The smallest absolute Gasteiger partial charge is 0.249 e. The highest BCUT2D eigenvalue weighted by Crippen LogP contribution is 2.22. The van der Waals surface area contributed by atoms with E-state index >= 15 is 0 Å². The first-order valence-corrected chi connectivity index (χ1v) is 5.86. The molecule has 2 aliphatic carbocycles. The van der Waals surface area contributed by atoms with Crippen LogP contribution >= 0.6 is 0 Å². The minimum atomic E-state index is -0.333. The van der Waals surface area contributed by atoms with E-state index in [1.54, 1.807) is 0 Å². The van der Waals surface area contributed by atoms with Gasteiger partial charge in [0.15, 0.2) is 0 Å². The monoisotopic (exact) mass is 212 g/mol. The van der Waals surface area contributed by atoms with Crippen LogP contribution in [0.1, 0.15) is 39.0 Å². The van der Waals surface area contributed by atoms with Crippen molar-refractivity contribution < 1.29 is 9.53 Å². The molecule has 0 aromatic rings. The van der Waals surface area contributed by atoms with Gasteiger partial charge in [0.05, 0.1) is 6.10 Å². The molecule has 4 nitrogen and oxygen atoms in total. The van der Waals surface area contributed by atoms with Gasteiger partial charge in [0.1, 0.15) is 6.10 Å². The average Bonchev–Trinajstić information content (AvgIpc) is 2.90. The summed E-state index contributed by atoms with van der Waals surface area (Å²) in [7, 11) is 0. The molecule has 86 valence electrons. The van der Waals surface area contributed by atoms with Crippen LogP contribution in [0.2, 0.25) is 0 Å². The Bertz CT molecular complexity index is 241. The maximum atomic E-state index is 11.6. The lowest BCUT2D eigenvalue weighted by Crippen LogP contribution is -2.37. The molecule has 0 radical (unpaired) electrons. The van der Waals surface area contributed by atoms with Crippen molar-refractivity contribution in [2.24, 2.45) is 5.73 Å². The number of hydrogen-bond donors (Lipinski definition) is 2. The van der Waals surface area contributed by atoms with E-state index in [1.807, 2.05) is 6.92 Å². The summed E-state index contributed by atoms with van der Waals surface area (Å²) in [6, 6.07) is 0.670. The van der Waals surface area contributed by atoms with Gasteiger partial charge in [-0.3, -0.25) is 4.79 Å². The number of amides is 1. The molecule has 3 unspecified atom stereocenters. The van der Waals surface area contributed by atoms with Crippen LogP contribution in [0.25, 0.3) is 0 Å². The van der Waals surface area contributed by atoms with Gasteiger partial charge >= 0.3 is 0 Å². The second-order valence-corrected chi connectivity index (χ2v) is 4.76. The van der Waals surface area contributed by atoms with Crippen LogP contribution in [0.15, 0.2) is 0 Å². The number of nitrogens with two attached hydrogens (primary N) is 1. The Kier molecular flexibility index (Phi) is 3.26. The van der Waals surface area contributed by atoms with E-state index < -0.39 is 0 Å². The predicted octanol–water partition coefficient (Wildman–Crippen LogP) is 0.550. The van der Waals surface area contributed by atoms with Gasteiger partial charge in [-0.15, -0.1) is 0 Å². The van der Waals surface area contributed by atoms with Gasteiger partial charge in [-0.25, -0.2) is 0 Å². The molecule has 2 fully saturated rings. The second-order valence-electron chi connectivity index (χ2n) is 4.76. The van der Waals surface area contributed by atoms with E-state index in [1.165, 1.54) is 0 Å². The molecular weight excluding hydrogens is 192 g/mol. The Labute approximate surface area is 90.5 Å². The number of hydrogen-bond acceptors (Lipinski definition) is 3. The van der Waals surface area contributed by atoms with Crippen molar-refractivity contribution in [3.8, 4) is 0 Å². The molecule has 1 amide bonds. The van der Waals surface area contributed by atoms with Crippen molar-refractivity contribution >= 4 is 5.91 Å². The minimum Gasteiger partial charge on any atom is -0.365 e. The average molecular weight is 212 g/mol. The molecule has 0 bridgehead atoms. The van der Waals surface area contributed by atoms with E-state index in [2.05, 4.69) is 5.32 Å². The van der Waals surface area contributed by atoms with Gasteiger partial charge in [0.2, 0.25) is 5.91 Å². The standard InChI is InChI=1S/C11H20N2O2/c1-7(11(14)13-9-3-4-9)15-10-5-2-8(12)6-10/h7-10H,2-6,12H2,1H3,(H,13,14). The molecule has 0 aliphatic heterocycles. The fourth-order valence-electron chi connectivity index (χ4n) is 1.99. The molecule has 2 aliphatic rings. The summed E-state index contributed by atoms with van der Waals surface area (Å²) in [6.07, 6.45) is 4.98. The Morgan fingerprint density at radius 2 is 2.13 bits per heavy atom. The number of rotatable bonds is 4. The van der Waals surface area contributed by atoms with E-state index in [0.717, 1.165) is 32.1 Å². The fourth-order valence-corrected chi connectivity index (χ4v) is 1.99. The summed E-state index contributed by atoms with van der Waals surface area (Å²) >= 11 is 0. The zero-order valence-corrected chi connectivity index (χ0v) is 9.24. The lowest BCUT2D eigenvalue weighted by Gasteiger charge is -2.18. The molecule has 2 saturated carbocycles. The van der Waals surface area contributed by atoms with E-state index in [9.17, 15) is 4.79 Å². The molecule has 0 aromatic carbocycles. The van der Waals surface area contributed by atoms with Crippen molar-refractivity contribution in [3.63, 3.8) is 0 Å².